The number of benzene rings is 5. The Morgan fingerprint density at radius 2 is 1.53 bits per heavy atom. The second-order valence-corrected chi connectivity index (χ2v) is 12.3. The van der Waals surface area contributed by atoms with E-state index in [1.54, 1.807) is 0 Å². The molecule has 2 aromatic heterocycles. The van der Waals surface area contributed by atoms with Crippen molar-refractivity contribution in [3.8, 4) is 11.5 Å². The summed E-state index contributed by atoms with van der Waals surface area (Å²) in [5.41, 5.74) is 11.0. The van der Waals surface area contributed by atoms with E-state index in [-0.39, 0.29) is 6.71 Å². The normalized spacial score (nSPS) is 14.3. The van der Waals surface area contributed by atoms with E-state index in [9.17, 15) is 0 Å². The molecule has 6 heteroatoms. The Labute approximate surface area is 272 Å². The van der Waals surface area contributed by atoms with E-state index in [1.807, 2.05) is 42.6 Å². The van der Waals surface area contributed by atoms with Gasteiger partial charge in [0.05, 0.1) is 5.69 Å². The van der Waals surface area contributed by atoms with Crippen molar-refractivity contribution in [3.63, 3.8) is 0 Å². The van der Waals surface area contributed by atoms with Crippen LogP contribution in [0.25, 0.3) is 21.9 Å². The SMILES string of the molecule is C1=CCCC(N2c3ccccc3B3c4cc5oc6cc(N(c7ccccc7)c7ccccn7)ccc6c5cc4Oc4cccc2c43)=C1. The lowest BCUT2D eigenvalue weighted by Crippen LogP contribution is -2.59. The maximum absolute atomic E-state index is 6.76. The number of ether oxygens (including phenoxy) is 1. The molecule has 5 nitrogen and oxygen atoms in total. The minimum absolute atomic E-state index is 0.0306. The van der Waals surface area contributed by atoms with Gasteiger partial charge in [-0.1, -0.05) is 60.7 Å². The Kier molecular flexibility index (Phi) is 5.73. The maximum atomic E-state index is 6.76. The number of anilines is 5. The van der Waals surface area contributed by atoms with Gasteiger partial charge >= 0.3 is 0 Å². The monoisotopic (exact) mass is 605 g/mol. The summed E-state index contributed by atoms with van der Waals surface area (Å²) in [6.07, 6.45) is 10.5. The van der Waals surface area contributed by atoms with Crippen molar-refractivity contribution in [1.29, 1.82) is 0 Å². The smallest absolute Gasteiger partial charge is 0.256 e. The number of para-hydroxylation sites is 2. The molecule has 47 heavy (non-hydrogen) atoms. The van der Waals surface area contributed by atoms with Gasteiger partial charge in [0.15, 0.2) is 0 Å². The molecule has 0 saturated carbocycles. The van der Waals surface area contributed by atoms with Gasteiger partial charge in [-0.3, -0.25) is 4.90 Å². The van der Waals surface area contributed by atoms with E-state index in [4.69, 9.17) is 9.15 Å². The van der Waals surface area contributed by atoms with Gasteiger partial charge in [0.2, 0.25) is 0 Å². The summed E-state index contributed by atoms with van der Waals surface area (Å²) in [5.74, 6) is 2.63. The Hall–Kier alpha value is -6.01. The topological polar surface area (TPSA) is 41.7 Å². The average Bonchev–Trinajstić information content (AvgIpc) is 3.48. The van der Waals surface area contributed by atoms with Crippen molar-refractivity contribution in [2.24, 2.45) is 0 Å². The highest BCUT2D eigenvalue weighted by atomic mass is 16.5. The fourth-order valence-corrected chi connectivity index (χ4v) is 7.59. The third-order valence-electron chi connectivity index (χ3n) is 9.61. The zero-order chi connectivity index (χ0) is 30.9. The molecule has 0 fully saturated rings. The van der Waals surface area contributed by atoms with Crippen LogP contribution in [-0.2, 0) is 0 Å². The first-order chi connectivity index (χ1) is 23.3. The molecule has 1 aliphatic carbocycles. The summed E-state index contributed by atoms with van der Waals surface area (Å²) < 4.78 is 13.4. The predicted octanol–water partition coefficient (Wildman–Crippen LogP) is 8.76. The summed E-state index contributed by atoms with van der Waals surface area (Å²) in [6, 6.07) is 42.3. The van der Waals surface area contributed by atoms with Crippen LogP contribution in [0.3, 0.4) is 0 Å². The summed E-state index contributed by atoms with van der Waals surface area (Å²) in [6.45, 7) is 0.0306. The number of rotatable bonds is 4. The first-order valence-corrected chi connectivity index (χ1v) is 16.1. The number of hydrogen-bond donors (Lipinski definition) is 0. The Balaban J connectivity index is 1.14. The molecule has 0 spiro atoms. The number of hydrogen-bond acceptors (Lipinski definition) is 5. The highest BCUT2D eigenvalue weighted by Crippen LogP contribution is 2.42. The van der Waals surface area contributed by atoms with Gasteiger partial charge in [0.25, 0.3) is 6.71 Å². The molecule has 4 heterocycles. The quantitative estimate of drug-likeness (QED) is 0.188. The van der Waals surface area contributed by atoms with Crippen molar-refractivity contribution in [3.05, 3.63) is 151 Å². The third kappa shape index (κ3) is 4.01. The molecular weight excluding hydrogens is 577 g/mol. The average molecular weight is 606 g/mol. The molecule has 0 radical (unpaired) electrons. The molecular formula is C41H28BN3O2. The first kappa shape index (κ1) is 26.2. The van der Waals surface area contributed by atoms with E-state index in [2.05, 4.69) is 118 Å². The molecule has 5 aromatic carbocycles. The zero-order valence-corrected chi connectivity index (χ0v) is 25.5. The minimum Gasteiger partial charge on any atom is -0.458 e. The molecule has 0 unspecified atom stereocenters. The van der Waals surface area contributed by atoms with Crippen LogP contribution in [0.2, 0.25) is 0 Å². The van der Waals surface area contributed by atoms with Crippen molar-refractivity contribution < 1.29 is 9.15 Å². The number of furan rings is 1. The third-order valence-corrected chi connectivity index (χ3v) is 9.61. The summed E-state index contributed by atoms with van der Waals surface area (Å²) >= 11 is 0. The number of nitrogens with zero attached hydrogens (tertiary/aromatic N) is 3. The van der Waals surface area contributed by atoms with Gasteiger partial charge < -0.3 is 14.1 Å². The number of aromatic nitrogens is 1. The largest absolute Gasteiger partial charge is 0.458 e. The van der Waals surface area contributed by atoms with Gasteiger partial charge in [-0.25, -0.2) is 4.98 Å². The Morgan fingerprint density at radius 1 is 0.681 bits per heavy atom. The van der Waals surface area contributed by atoms with Crippen molar-refractivity contribution in [1.82, 2.24) is 4.98 Å². The maximum Gasteiger partial charge on any atom is 0.256 e. The van der Waals surface area contributed by atoms with E-state index >= 15 is 0 Å². The Morgan fingerprint density at radius 3 is 2.40 bits per heavy atom. The highest BCUT2D eigenvalue weighted by Gasteiger charge is 2.42. The molecule has 0 atom stereocenters. The number of pyridine rings is 1. The fraction of sp³-hybridized carbons (Fsp3) is 0.0488. The van der Waals surface area contributed by atoms with Gasteiger partial charge in [0.1, 0.15) is 28.5 Å². The lowest BCUT2D eigenvalue weighted by Gasteiger charge is -2.41. The van der Waals surface area contributed by atoms with Crippen molar-refractivity contribution in [2.45, 2.75) is 12.8 Å². The van der Waals surface area contributed by atoms with E-state index in [0.717, 1.165) is 68.9 Å². The number of allylic oxidation sites excluding steroid dienone is 4. The molecule has 3 aliphatic rings. The molecule has 0 N–H and O–H groups in total. The van der Waals surface area contributed by atoms with Crippen LogP contribution in [-0.4, -0.2) is 11.7 Å². The molecule has 222 valence electrons. The summed E-state index contributed by atoms with van der Waals surface area (Å²) in [5, 5.41) is 2.09. The van der Waals surface area contributed by atoms with Crippen molar-refractivity contribution >= 4 is 73.6 Å². The van der Waals surface area contributed by atoms with E-state index < -0.39 is 0 Å². The fourth-order valence-electron chi connectivity index (χ4n) is 7.59. The van der Waals surface area contributed by atoms with Crippen molar-refractivity contribution in [2.75, 3.05) is 9.80 Å². The summed E-state index contributed by atoms with van der Waals surface area (Å²) in [7, 11) is 0. The van der Waals surface area contributed by atoms with Crippen LogP contribution >= 0.6 is 0 Å². The lowest BCUT2D eigenvalue weighted by atomic mass is 9.34. The second kappa shape index (κ2) is 10.3. The predicted molar refractivity (Wildman–Crippen MR) is 192 cm³/mol. The Bertz CT molecular complexity index is 2380. The second-order valence-electron chi connectivity index (χ2n) is 12.3. The van der Waals surface area contributed by atoms with Crippen LogP contribution < -0.4 is 30.9 Å². The number of fused-ring (bicyclic) bond motifs is 7. The lowest BCUT2D eigenvalue weighted by molar-refractivity contribution is 0.488. The van der Waals surface area contributed by atoms with Crippen LogP contribution in [0.15, 0.2) is 156 Å². The summed E-state index contributed by atoms with van der Waals surface area (Å²) in [4.78, 5) is 9.27. The van der Waals surface area contributed by atoms with Crippen LogP contribution in [0.1, 0.15) is 12.8 Å². The first-order valence-electron chi connectivity index (χ1n) is 16.1. The van der Waals surface area contributed by atoms with E-state index in [1.165, 1.54) is 28.0 Å². The molecule has 10 rings (SSSR count). The van der Waals surface area contributed by atoms with Gasteiger partial charge in [-0.2, -0.15) is 0 Å². The van der Waals surface area contributed by atoms with E-state index in [0.29, 0.717) is 0 Å². The van der Waals surface area contributed by atoms with Crippen LogP contribution in [0.4, 0.5) is 28.6 Å². The van der Waals surface area contributed by atoms with Crippen LogP contribution in [0, 0.1) is 0 Å². The molecule has 7 aromatic rings. The van der Waals surface area contributed by atoms with Gasteiger partial charge in [-0.05, 0) is 102 Å². The van der Waals surface area contributed by atoms with Gasteiger partial charge in [0, 0.05) is 45.8 Å². The molecule has 0 saturated heterocycles. The minimum atomic E-state index is 0.0306. The molecule has 0 bridgehead atoms. The highest BCUT2D eigenvalue weighted by molar-refractivity contribution is 6.99. The molecule has 0 amide bonds. The van der Waals surface area contributed by atoms with Crippen LogP contribution in [0.5, 0.6) is 11.5 Å². The van der Waals surface area contributed by atoms with Gasteiger partial charge in [-0.15, -0.1) is 0 Å². The standard InChI is InChI=1S/C41H28BN3O2/c1-3-12-27(13-4-1)44(40-20-9-10-23-43-40)29-21-22-30-31-25-39-33(26-38(31)47-37(30)24-29)42-32-16-7-8-17-34(32)45(28-14-5-2-6-15-28)35-18-11-19-36(46-39)41(35)42/h1-5,7-14,16-26H,6,15H2. The zero-order valence-electron chi connectivity index (χ0n) is 25.5. The molecule has 2 aliphatic heterocycles.